The van der Waals surface area contributed by atoms with Gasteiger partial charge in [-0.3, -0.25) is 0 Å². The Bertz CT molecular complexity index is 875. The quantitative estimate of drug-likeness (QED) is 0.811. The van der Waals surface area contributed by atoms with Crippen molar-refractivity contribution in [1.82, 2.24) is 4.72 Å². The number of halogens is 2. The Kier molecular flexibility index (Phi) is 5.70. The zero-order valence-electron chi connectivity index (χ0n) is 14.3. The Morgan fingerprint density at radius 2 is 2.00 bits per heavy atom. The Morgan fingerprint density at radius 3 is 2.69 bits per heavy atom. The van der Waals surface area contributed by atoms with Gasteiger partial charge in [0.25, 0.3) is 0 Å². The van der Waals surface area contributed by atoms with Crippen molar-refractivity contribution in [3.8, 4) is 5.75 Å². The molecule has 3 rings (SSSR count). The number of benzene rings is 2. The summed E-state index contributed by atoms with van der Waals surface area (Å²) in [7, 11) is -2.31. The lowest BCUT2D eigenvalue weighted by atomic mass is 10.1. The fraction of sp³-hybridized carbons (Fsp3) is 0.333. The van der Waals surface area contributed by atoms with E-state index in [9.17, 15) is 12.8 Å². The summed E-state index contributed by atoms with van der Waals surface area (Å²) in [5.74, 6) is 0.147. The Hall–Kier alpha value is -1.83. The van der Waals surface area contributed by atoms with Crippen LogP contribution >= 0.6 is 11.6 Å². The molecular formula is C18H20ClFN2O3S. The smallest absolute Gasteiger partial charge is 0.244 e. The van der Waals surface area contributed by atoms with Gasteiger partial charge in [0, 0.05) is 30.3 Å². The van der Waals surface area contributed by atoms with Gasteiger partial charge in [0.1, 0.15) is 16.5 Å². The Morgan fingerprint density at radius 1 is 1.27 bits per heavy atom. The van der Waals surface area contributed by atoms with E-state index in [0.29, 0.717) is 18.1 Å². The molecule has 0 spiro atoms. The van der Waals surface area contributed by atoms with Crippen molar-refractivity contribution in [2.24, 2.45) is 5.92 Å². The minimum atomic E-state index is -3.73. The van der Waals surface area contributed by atoms with E-state index in [1.165, 1.54) is 31.4 Å². The Balaban J connectivity index is 1.64. The van der Waals surface area contributed by atoms with Crippen LogP contribution in [-0.2, 0) is 10.0 Å². The lowest BCUT2D eigenvalue weighted by Crippen LogP contribution is -2.31. The highest BCUT2D eigenvalue weighted by atomic mass is 35.5. The van der Waals surface area contributed by atoms with Crippen molar-refractivity contribution >= 4 is 27.3 Å². The summed E-state index contributed by atoms with van der Waals surface area (Å²) in [6.45, 7) is 1.83. The monoisotopic (exact) mass is 398 g/mol. The van der Waals surface area contributed by atoms with Gasteiger partial charge in [-0.2, -0.15) is 0 Å². The lowest BCUT2D eigenvalue weighted by molar-refractivity contribution is 0.402. The van der Waals surface area contributed by atoms with Gasteiger partial charge in [-0.05, 0) is 54.8 Å². The first-order valence-corrected chi connectivity index (χ1v) is 10.1. The van der Waals surface area contributed by atoms with Crippen LogP contribution in [0.1, 0.15) is 6.42 Å². The van der Waals surface area contributed by atoms with Crippen molar-refractivity contribution < 1.29 is 17.5 Å². The van der Waals surface area contributed by atoms with Crippen LogP contribution in [0.3, 0.4) is 0 Å². The van der Waals surface area contributed by atoms with E-state index in [2.05, 4.69) is 9.62 Å². The number of sulfonamides is 1. The number of nitrogens with zero attached hydrogens (tertiary/aromatic N) is 1. The van der Waals surface area contributed by atoms with E-state index < -0.39 is 10.0 Å². The highest BCUT2D eigenvalue weighted by molar-refractivity contribution is 7.89. The molecule has 140 valence electrons. The van der Waals surface area contributed by atoms with E-state index in [0.717, 1.165) is 18.7 Å². The second kappa shape index (κ2) is 7.82. The van der Waals surface area contributed by atoms with Gasteiger partial charge in [0.15, 0.2) is 0 Å². The molecule has 1 atom stereocenters. The van der Waals surface area contributed by atoms with Crippen molar-refractivity contribution in [3.05, 3.63) is 53.3 Å². The third-order valence-corrected chi connectivity index (χ3v) is 6.13. The lowest BCUT2D eigenvalue weighted by Gasteiger charge is -2.19. The molecule has 0 radical (unpaired) electrons. The highest BCUT2D eigenvalue weighted by Gasteiger charge is 2.26. The summed E-state index contributed by atoms with van der Waals surface area (Å²) in [5.41, 5.74) is 0.938. The van der Waals surface area contributed by atoms with Crippen LogP contribution in [0, 0.1) is 11.7 Å². The van der Waals surface area contributed by atoms with Crippen LogP contribution in [0.25, 0.3) is 0 Å². The molecule has 1 saturated heterocycles. The fourth-order valence-corrected chi connectivity index (χ4v) is 4.60. The van der Waals surface area contributed by atoms with Crippen LogP contribution in [-0.4, -0.2) is 35.2 Å². The van der Waals surface area contributed by atoms with Gasteiger partial charge in [-0.25, -0.2) is 17.5 Å². The number of rotatable bonds is 6. The summed E-state index contributed by atoms with van der Waals surface area (Å²) in [4.78, 5) is 2.15. The zero-order chi connectivity index (χ0) is 18.7. The molecule has 1 aliphatic heterocycles. The predicted molar refractivity (Wildman–Crippen MR) is 99.9 cm³/mol. The molecule has 1 fully saturated rings. The highest BCUT2D eigenvalue weighted by Crippen LogP contribution is 2.28. The van der Waals surface area contributed by atoms with Gasteiger partial charge in [0.05, 0.1) is 7.11 Å². The van der Waals surface area contributed by atoms with Crippen LogP contribution in [0.5, 0.6) is 5.75 Å². The van der Waals surface area contributed by atoms with Crippen molar-refractivity contribution in [3.63, 3.8) is 0 Å². The Labute approximate surface area is 157 Å². The van der Waals surface area contributed by atoms with Crippen LogP contribution < -0.4 is 14.4 Å². The van der Waals surface area contributed by atoms with Crippen molar-refractivity contribution in [2.75, 3.05) is 31.6 Å². The topological polar surface area (TPSA) is 58.6 Å². The minimum absolute atomic E-state index is 0.0286. The zero-order valence-corrected chi connectivity index (χ0v) is 15.9. The molecule has 0 aliphatic carbocycles. The molecule has 0 amide bonds. The van der Waals surface area contributed by atoms with Gasteiger partial charge in [-0.1, -0.05) is 11.6 Å². The van der Waals surface area contributed by atoms with Crippen molar-refractivity contribution in [2.45, 2.75) is 11.3 Å². The molecule has 1 aliphatic rings. The van der Waals surface area contributed by atoms with Gasteiger partial charge in [0.2, 0.25) is 10.0 Å². The van der Waals surface area contributed by atoms with Crippen LogP contribution in [0.4, 0.5) is 10.1 Å². The summed E-state index contributed by atoms with van der Waals surface area (Å²) < 4.78 is 46.0. The summed E-state index contributed by atoms with van der Waals surface area (Å²) >= 11 is 5.92. The molecule has 0 saturated carbocycles. The molecule has 2 aromatic carbocycles. The normalized spacial score (nSPS) is 17.5. The van der Waals surface area contributed by atoms with Gasteiger partial charge < -0.3 is 9.64 Å². The third kappa shape index (κ3) is 4.28. The summed E-state index contributed by atoms with van der Waals surface area (Å²) in [6.07, 6.45) is 0.854. The predicted octanol–water partition coefficient (Wildman–Crippen LogP) is 3.29. The van der Waals surface area contributed by atoms with E-state index in [-0.39, 0.29) is 22.4 Å². The summed E-state index contributed by atoms with van der Waals surface area (Å²) in [5, 5.41) is 0.328. The molecule has 2 aromatic rings. The van der Waals surface area contributed by atoms with E-state index >= 15 is 0 Å². The number of nitrogens with one attached hydrogen (secondary N) is 1. The molecule has 8 heteroatoms. The molecule has 0 bridgehead atoms. The number of anilines is 1. The summed E-state index contributed by atoms with van der Waals surface area (Å²) in [6, 6.07) is 10.8. The molecule has 0 aromatic heterocycles. The van der Waals surface area contributed by atoms with E-state index in [4.69, 9.17) is 16.3 Å². The SMILES string of the molecule is COc1ccc(Cl)cc1S(=O)(=O)NCC1CCN(c2ccc(F)cc2)C1. The maximum Gasteiger partial charge on any atom is 0.244 e. The standard InChI is InChI=1S/C18H20ClFN2O3S/c1-25-17-7-2-14(19)10-18(17)26(23,24)21-11-13-8-9-22(12-13)16-5-3-15(20)4-6-16/h2-7,10,13,21H,8-9,11-12H2,1H3. The first kappa shape index (κ1) is 18.9. The van der Waals surface area contributed by atoms with Gasteiger partial charge in [-0.15, -0.1) is 0 Å². The molecule has 1 heterocycles. The number of methoxy groups -OCH3 is 1. The van der Waals surface area contributed by atoms with Crippen LogP contribution in [0.15, 0.2) is 47.4 Å². The maximum absolute atomic E-state index is 13.0. The van der Waals surface area contributed by atoms with E-state index in [1.54, 1.807) is 18.2 Å². The molecule has 5 nitrogen and oxygen atoms in total. The second-order valence-electron chi connectivity index (χ2n) is 6.22. The first-order valence-electron chi connectivity index (χ1n) is 8.23. The first-order chi connectivity index (χ1) is 12.4. The van der Waals surface area contributed by atoms with Gasteiger partial charge >= 0.3 is 0 Å². The second-order valence-corrected chi connectivity index (χ2v) is 8.40. The minimum Gasteiger partial charge on any atom is -0.495 e. The number of hydrogen-bond donors (Lipinski definition) is 1. The molecule has 1 N–H and O–H groups in total. The van der Waals surface area contributed by atoms with Crippen LogP contribution in [0.2, 0.25) is 5.02 Å². The molecule has 26 heavy (non-hydrogen) atoms. The molecular weight excluding hydrogens is 379 g/mol. The average Bonchev–Trinajstić information content (AvgIpc) is 3.10. The molecule has 1 unspecified atom stereocenters. The van der Waals surface area contributed by atoms with E-state index in [1.807, 2.05) is 0 Å². The number of ether oxygens (including phenoxy) is 1. The average molecular weight is 399 g/mol. The largest absolute Gasteiger partial charge is 0.495 e. The third-order valence-electron chi connectivity index (χ3n) is 4.45. The number of hydrogen-bond acceptors (Lipinski definition) is 4. The maximum atomic E-state index is 13.0. The fourth-order valence-electron chi connectivity index (χ4n) is 3.05. The van der Waals surface area contributed by atoms with Crippen molar-refractivity contribution in [1.29, 1.82) is 0 Å².